The quantitative estimate of drug-likeness (QED) is 0.700. The molecule has 14 heteroatoms. The van der Waals surface area contributed by atoms with Crippen LogP contribution in [0.5, 0.6) is 0 Å². The first-order chi connectivity index (χ1) is 14.0. The third-order valence-corrected chi connectivity index (χ3v) is 6.12. The second-order valence-electron chi connectivity index (χ2n) is 7.03. The van der Waals surface area contributed by atoms with E-state index in [1.165, 1.54) is 0 Å². The Morgan fingerprint density at radius 1 is 1.27 bits per heavy atom. The zero-order valence-electron chi connectivity index (χ0n) is 15.2. The van der Waals surface area contributed by atoms with E-state index in [4.69, 9.17) is 5.14 Å². The fourth-order valence-electron chi connectivity index (χ4n) is 3.68. The van der Waals surface area contributed by atoms with Crippen molar-refractivity contribution in [3.8, 4) is 0 Å². The summed E-state index contributed by atoms with van der Waals surface area (Å²) in [5.41, 5.74) is 1.57. The van der Waals surface area contributed by atoms with Crippen LogP contribution in [0.1, 0.15) is 35.5 Å². The molecule has 0 fully saturated rings. The molecule has 0 bridgehead atoms. The summed E-state index contributed by atoms with van der Waals surface area (Å²) in [6.07, 6.45) is 0.819. The van der Waals surface area contributed by atoms with E-state index in [0.717, 1.165) is 0 Å². The van der Waals surface area contributed by atoms with Crippen molar-refractivity contribution in [2.75, 3.05) is 5.32 Å². The van der Waals surface area contributed by atoms with Crippen LogP contribution >= 0.6 is 0 Å². The molecule has 0 spiro atoms. The average Bonchev–Trinajstić information content (AvgIpc) is 3.30. The number of anilines is 1. The first kappa shape index (κ1) is 20.7. The lowest BCUT2D eigenvalue weighted by Gasteiger charge is -2.14. The van der Waals surface area contributed by atoms with Gasteiger partial charge in [-0.15, -0.1) is 4.36 Å². The fourth-order valence-corrected chi connectivity index (χ4v) is 4.60. The Morgan fingerprint density at radius 3 is 2.67 bits per heavy atom. The van der Waals surface area contributed by atoms with Gasteiger partial charge in [-0.3, -0.25) is 4.98 Å². The van der Waals surface area contributed by atoms with Crippen LogP contribution in [-0.4, -0.2) is 30.9 Å². The lowest BCUT2D eigenvalue weighted by atomic mass is 10.1. The van der Waals surface area contributed by atoms with Crippen LogP contribution in [0.4, 0.5) is 32.4 Å². The monoisotopic (exact) mass is 450 g/mol. The van der Waals surface area contributed by atoms with Crippen LogP contribution < -0.4 is 10.5 Å². The molecule has 2 aliphatic rings. The molecule has 2 heterocycles. The standard InChI is InChI=1S/C16H15F5N6O2S/c17-9-6-27(14(18)19)25-13(9)30(22,29)26-15(28)24-12-7-2-1-3-10(7)23-11-5-16(20,21)4-8(11)12/h6,14H,1-5H2,(H3,22,23,24,26,28,29). The minimum absolute atomic E-state index is 0.104. The summed E-state index contributed by atoms with van der Waals surface area (Å²) >= 11 is 0. The summed E-state index contributed by atoms with van der Waals surface area (Å²) in [5, 5.41) is 9.66. The first-order valence-corrected chi connectivity index (χ1v) is 10.3. The van der Waals surface area contributed by atoms with Crippen LogP contribution in [0.2, 0.25) is 0 Å². The van der Waals surface area contributed by atoms with Crippen molar-refractivity contribution in [2.24, 2.45) is 9.50 Å². The Kier molecular flexibility index (Phi) is 4.80. The fraction of sp³-hybridized carbons (Fsp3) is 0.438. The Labute approximate surface area is 167 Å². The molecule has 2 amide bonds. The zero-order valence-corrected chi connectivity index (χ0v) is 16.0. The number of rotatable bonds is 3. The van der Waals surface area contributed by atoms with Crippen molar-refractivity contribution in [1.29, 1.82) is 0 Å². The van der Waals surface area contributed by atoms with Crippen molar-refractivity contribution < 1.29 is 31.0 Å². The van der Waals surface area contributed by atoms with Crippen molar-refractivity contribution in [3.63, 3.8) is 0 Å². The summed E-state index contributed by atoms with van der Waals surface area (Å²) in [4.78, 5) is 16.6. The average molecular weight is 450 g/mol. The van der Waals surface area contributed by atoms with Crippen molar-refractivity contribution in [2.45, 2.75) is 49.6 Å². The molecule has 1 unspecified atom stereocenters. The molecule has 0 saturated heterocycles. The molecule has 2 aromatic rings. The third kappa shape index (κ3) is 3.64. The van der Waals surface area contributed by atoms with Crippen molar-refractivity contribution in [1.82, 2.24) is 14.8 Å². The largest absolute Gasteiger partial charge is 0.354 e. The summed E-state index contributed by atoms with van der Waals surface area (Å²) in [5.74, 6) is -4.45. The summed E-state index contributed by atoms with van der Waals surface area (Å²) in [7, 11) is -4.32. The Morgan fingerprint density at radius 2 is 2.00 bits per heavy atom. The number of carbonyl (C=O) groups excluding carboxylic acids is 1. The van der Waals surface area contributed by atoms with Gasteiger partial charge in [0.15, 0.2) is 15.7 Å². The lowest BCUT2D eigenvalue weighted by Crippen LogP contribution is -2.20. The molecule has 162 valence electrons. The number of nitrogens with two attached hydrogens (primary N) is 1. The molecule has 30 heavy (non-hydrogen) atoms. The van der Waals surface area contributed by atoms with E-state index in [0.29, 0.717) is 30.5 Å². The van der Waals surface area contributed by atoms with Crippen LogP contribution in [0.3, 0.4) is 0 Å². The van der Waals surface area contributed by atoms with Crippen LogP contribution in [0.15, 0.2) is 15.6 Å². The lowest BCUT2D eigenvalue weighted by molar-refractivity contribution is 0.0126. The highest BCUT2D eigenvalue weighted by atomic mass is 32.2. The van der Waals surface area contributed by atoms with E-state index >= 15 is 0 Å². The minimum Gasteiger partial charge on any atom is -0.305 e. The van der Waals surface area contributed by atoms with Gasteiger partial charge >= 0.3 is 12.6 Å². The van der Waals surface area contributed by atoms with Crippen LogP contribution in [0.25, 0.3) is 0 Å². The van der Waals surface area contributed by atoms with Gasteiger partial charge in [-0.1, -0.05) is 0 Å². The highest BCUT2D eigenvalue weighted by Crippen LogP contribution is 2.41. The third-order valence-electron chi connectivity index (χ3n) is 4.86. The van der Waals surface area contributed by atoms with Gasteiger partial charge in [0.25, 0.3) is 5.92 Å². The molecular weight excluding hydrogens is 435 g/mol. The molecule has 0 aliphatic heterocycles. The number of alkyl halides is 4. The van der Waals surface area contributed by atoms with E-state index in [1.54, 1.807) is 0 Å². The summed E-state index contributed by atoms with van der Waals surface area (Å²) < 4.78 is 82.4. The molecule has 8 nitrogen and oxygen atoms in total. The predicted molar refractivity (Wildman–Crippen MR) is 94.1 cm³/mol. The molecule has 0 radical (unpaired) electrons. The molecule has 0 saturated carbocycles. The second-order valence-corrected chi connectivity index (χ2v) is 8.74. The van der Waals surface area contributed by atoms with Gasteiger partial charge in [-0.25, -0.2) is 32.0 Å². The van der Waals surface area contributed by atoms with Gasteiger partial charge in [0, 0.05) is 17.7 Å². The smallest absolute Gasteiger partial charge is 0.305 e. The van der Waals surface area contributed by atoms with Crippen molar-refractivity contribution >= 4 is 21.6 Å². The molecule has 2 aromatic heterocycles. The SMILES string of the molecule is NS(=O)(=NC(=O)Nc1c2c(nc3c1CC(F)(F)C3)CCC2)c1nn(C(F)F)cc1F. The normalized spacial score (nSPS) is 18.8. The number of pyridine rings is 1. The van der Waals surface area contributed by atoms with Gasteiger partial charge < -0.3 is 5.32 Å². The molecular formula is C16H15F5N6O2S. The number of carbonyl (C=O) groups is 1. The van der Waals surface area contributed by atoms with E-state index in [1.807, 2.05) is 0 Å². The Hall–Kier alpha value is -2.61. The van der Waals surface area contributed by atoms with E-state index < -0.39 is 52.1 Å². The molecule has 2 aliphatic carbocycles. The molecule has 0 aromatic carbocycles. The molecule has 4 rings (SSSR count). The minimum atomic E-state index is -4.32. The number of hydrogen-bond acceptors (Lipinski definition) is 4. The van der Waals surface area contributed by atoms with Gasteiger partial charge in [-0.2, -0.15) is 13.9 Å². The topological polar surface area (TPSA) is 115 Å². The predicted octanol–water partition coefficient (Wildman–Crippen LogP) is 2.97. The molecule has 1 atom stereocenters. The second kappa shape index (κ2) is 6.97. The maximum absolute atomic E-state index is 13.9. The zero-order chi connectivity index (χ0) is 21.8. The highest BCUT2D eigenvalue weighted by Gasteiger charge is 2.41. The number of halogens is 5. The van der Waals surface area contributed by atoms with E-state index in [2.05, 4.69) is 19.8 Å². The van der Waals surface area contributed by atoms with E-state index in [9.17, 15) is 31.0 Å². The Balaban J connectivity index is 1.69. The van der Waals surface area contributed by atoms with Crippen LogP contribution in [0, 0.1) is 5.82 Å². The van der Waals surface area contributed by atoms with Gasteiger partial charge in [0.1, 0.15) is 0 Å². The number of hydrogen-bond donors (Lipinski definition) is 2. The van der Waals surface area contributed by atoms with Crippen molar-refractivity contribution in [3.05, 3.63) is 34.5 Å². The number of urea groups is 1. The van der Waals surface area contributed by atoms with Crippen LogP contribution in [-0.2, 0) is 35.6 Å². The summed E-state index contributed by atoms with van der Waals surface area (Å²) in [6.45, 7) is -3.22. The van der Waals surface area contributed by atoms with E-state index in [-0.39, 0.29) is 27.8 Å². The van der Waals surface area contributed by atoms with Gasteiger partial charge in [0.2, 0.25) is 5.03 Å². The molecule has 3 N–H and O–H groups in total. The maximum Gasteiger partial charge on any atom is 0.354 e. The van der Waals surface area contributed by atoms with Gasteiger partial charge in [0.05, 0.1) is 24.0 Å². The first-order valence-electron chi connectivity index (χ1n) is 8.77. The number of nitrogens with one attached hydrogen (secondary N) is 1. The maximum atomic E-state index is 13.9. The number of fused-ring (bicyclic) bond motifs is 2. The number of nitrogens with zero attached hydrogens (tertiary/aromatic N) is 4. The Bertz CT molecular complexity index is 1170. The van der Waals surface area contributed by atoms with Gasteiger partial charge in [-0.05, 0) is 24.8 Å². The highest BCUT2D eigenvalue weighted by molar-refractivity contribution is 7.91. The summed E-state index contributed by atoms with van der Waals surface area (Å²) in [6, 6.07) is -1.30. The number of amides is 2. The number of aromatic nitrogens is 3. The number of aryl methyl sites for hydroxylation is 1.